The van der Waals surface area contributed by atoms with Gasteiger partial charge in [-0.2, -0.15) is 5.10 Å². The molecule has 1 saturated carbocycles. The summed E-state index contributed by atoms with van der Waals surface area (Å²) in [6.07, 6.45) is 2.61. The van der Waals surface area contributed by atoms with Gasteiger partial charge in [-0.1, -0.05) is 30.3 Å². The van der Waals surface area contributed by atoms with E-state index < -0.39 is 5.97 Å². The van der Waals surface area contributed by atoms with Crippen molar-refractivity contribution in [2.45, 2.75) is 31.7 Å². The molecule has 3 N–H and O–H groups in total. The summed E-state index contributed by atoms with van der Waals surface area (Å²) >= 11 is 0. The molecule has 0 saturated heterocycles. The van der Waals surface area contributed by atoms with E-state index in [4.69, 9.17) is 5.11 Å². The number of aliphatic carboxylic acids is 1. The molecule has 6 nitrogen and oxygen atoms in total. The van der Waals surface area contributed by atoms with Gasteiger partial charge in [0.05, 0.1) is 11.6 Å². The zero-order valence-corrected chi connectivity index (χ0v) is 12.7. The lowest BCUT2D eigenvalue weighted by Crippen LogP contribution is -2.38. The average molecular weight is 313 g/mol. The summed E-state index contributed by atoms with van der Waals surface area (Å²) in [6.45, 7) is 0. The molecule has 1 heterocycles. The second-order valence-corrected chi connectivity index (χ2v) is 5.89. The molecule has 0 aliphatic heterocycles. The maximum Gasteiger partial charge on any atom is 0.306 e. The van der Waals surface area contributed by atoms with Gasteiger partial charge in [0, 0.05) is 11.6 Å². The van der Waals surface area contributed by atoms with Crippen molar-refractivity contribution >= 4 is 11.9 Å². The first-order chi connectivity index (χ1) is 11.1. The van der Waals surface area contributed by atoms with Gasteiger partial charge >= 0.3 is 5.97 Å². The number of amides is 1. The van der Waals surface area contributed by atoms with E-state index >= 15 is 0 Å². The van der Waals surface area contributed by atoms with Crippen molar-refractivity contribution in [3.05, 3.63) is 42.1 Å². The monoisotopic (exact) mass is 313 g/mol. The van der Waals surface area contributed by atoms with E-state index in [9.17, 15) is 9.59 Å². The van der Waals surface area contributed by atoms with Gasteiger partial charge in [-0.05, 0) is 31.7 Å². The van der Waals surface area contributed by atoms with Crippen LogP contribution in [0.3, 0.4) is 0 Å². The molecule has 0 atom stereocenters. The van der Waals surface area contributed by atoms with Gasteiger partial charge in [-0.15, -0.1) is 0 Å². The molecule has 1 aliphatic rings. The number of hydrogen-bond acceptors (Lipinski definition) is 3. The highest BCUT2D eigenvalue weighted by atomic mass is 16.4. The second kappa shape index (κ2) is 6.64. The third-order valence-electron chi connectivity index (χ3n) is 4.30. The standard InChI is InChI=1S/C17H19N3O3/c21-16(18-13-8-6-12(7-9-13)17(22)23)15-10-14(19-20-15)11-4-2-1-3-5-11/h1-5,10,12-13H,6-9H2,(H,18,21)(H,19,20)(H,22,23). The number of nitrogens with zero attached hydrogens (tertiary/aromatic N) is 1. The third-order valence-corrected chi connectivity index (χ3v) is 4.30. The van der Waals surface area contributed by atoms with E-state index in [0.717, 1.165) is 11.3 Å². The molecule has 0 unspecified atom stereocenters. The van der Waals surface area contributed by atoms with E-state index in [1.165, 1.54) is 0 Å². The van der Waals surface area contributed by atoms with E-state index in [1.54, 1.807) is 6.07 Å². The summed E-state index contributed by atoms with van der Waals surface area (Å²) in [5, 5.41) is 18.9. The topological polar surface area (TPSA) is 95.1 Å². The van der Waals surface area contributed by atoms with Crippen LogP contribution in [0.15, 0.2) is 36.4 Å². The Balaban J connectivity index is 1.59. The largest absolute Gasteiger partial charge is 0.481 e. The van der Waals surface area contributed by atoms with Crippen LogP contribution in [0, 0.1) is 5.92 Å². The lowest BCUT2D eigenvalue weighted by molar-refractivity contribution is -0.142. The Kier molecular flexibility index (Phi) is 4.41. The van der Waals surface area contributed by atoms with Crippen LogP contribution in [-0.2, 0) is 4.79 Å². The first kappa shape index (κ1) is 15.3. The highest BCUT2D eigenvalue weighted by Crippen LogP contribution is 2.24. The molecule has 1 amide bonds. The first-order valence-corrected chi connectivity index (χ1v) is 7.78. The van der Waals surface area contributed by atoms with Crippen LogP contribution in [0.2, 0.25) is 0 Å². The third kappa shape index (κ3) is 3.59. The highest BCUT2D eigenvalue weighted by molar-refractivity contribution is 5.93. The Bertz CT molecular complexity index is 688. The summed E-state index contributed by atoms with van der Waals surface area (Å²) in [5.74, 6) is -1.21. The van der Waals surface area contributed by atoms with Crippen LogP contribution in [0.5, 0.6) is 0 Å². The predicted octanol–water partition coefficient (Wildman–Crippen LogP) is 2.45. The summed E-state index contributed by atoms with van der Waals surface area (Å²) in [5.41, 5.74) is 2.10. The average Bonchev–Trinajstić information content (AvgIpc) is 3.06. The van der Waals surface area contributed by atoms with Gasteiger partial charge in [0.1, 0.15) is 5.69 Å². The maximum atomic E-state index is 12.3. The normalized spacial score (nSPS) is 20.9. The molecule has 1 aliphatic carbocycles. The van der Waals surface area contributed by atoms with Crippen molar-refractivity contribution in [3.8, 4) is 11.3 Å². The fourth-order valence-corrected chi connectivity index (χ4v) is 2.94. The number of rotatable bonds is 4. The maximum absolute atomic E-state index is 12.3. The number of H-pyrrole nitrogens is 1. The van der Waals surface area contributed by atoms with Crippen LogP contribution in [-0.4, -0.2) is 33.2 Å². The fraction of sp³-hybridized carbons (Fsp3) is 0.353. The van der Waals surface area contributed by atoms with Gasteiger partial charge < -0.3 is 10.4 Å². The molecule has 1 fully saturated rings. The Morgan fingerprint density at radius 1 is 1.13 bits per heavy atom. The van der Waals surface area contributed by atoms with Gasteiger partial charge in [0.15, 0.2) is 0 Å². The first-order valence-electron chi connectivity index (χ1n) is 7.78. The number of hydrogen-bond donors (Lipinski definition) is 3. The van der Waals surface area contributed by atoms with Crippen molar-refractivity contribution in [1.82, 2.24) is 15.5 Å². The van der Waals surface area contributed by atoms with Crippen LogP contribution >= 0.6 is 0 Å². The van der Waals surface area contributed by atoms with E-state index in [2.05, 4.69) is 15.5 Å². The number of carbonyl (C=O) groups excluding carboxylic acids is 1. The Morgan fingerprint density at radius 2 is 1.83 bits per heavy atom. The second-order valence-electron chi connectivity index (χ2n) is 5.89. The minimum atomic E-state index is -0.740. The molecular formula is C17H19N3O3. The van der Waals surface area contributed by atoms with Crippen LogP contribution in [0.4, 0.5) is 0 Å². The van der Waals surface area contributed by atoms with Gasteiger partial charge in [-0.3, -0.25) is 14.7 Å². The minimum Gasteiger partial charge on any atom is -0.481 e. The van der Waals surface area contributed by atoms with E-state index in [0.29, 0.717) is 31.4 Å². The number of carbonyl (C=O) groups is 2. The quantitative estimate of drug-likeness (QED) is 0.808. The van der Waals surface area contributed by atoms with Crippen molar-refractivity contribution in [3.63, 3.8) is 0 Å². The van der Waals surface area contributed by atoms with Gasteiger partial charge in [0.2, 0.25) is 0 Å². The molecule has 0 bridgehead atoms. The molecule has 3 rings (SSSR count). The number of nitrogens with one attached hydrogen (secondary N) is 2. The number of benzene rings is 1. The van der Waals surface area contributed by atoms with Crippen molar-refractivity contribution in [1.29, 1.82) is 0 Å². The van der Waals surface area contributed by atoms with E-state index in [1.807, 2.05) is 30.3 Å². The molecule has 0 spiro atoms. The summed E-state index contributed by atoms with van der Waals surface area (Å²) in [7, 11) is 0. The molecule has 0 radical (unpaired) electrons. The number of carboxylic acids is 1. The Morgan fingerprint density at radius 3 is 2.48 bits per heavy atom. The smallest absolute Gasteiger partial charge is 0.306 e. The number of aromatic amines is 1. The zero-order valence-electron chi connectivity index (χ0n) is 12.7. The molecule has 23 heavy (non-hydrogen) atoms. The zero-order chi connectivity index (χ0) is 16.2. The van der Waals surface area contributed by atoms with Crippen LogP contribution in [0.25, 0.3) is 11.3 Å². The van der Waals surface area contributed by atoms with Gasteiger partial charge in [0.25, 0.3) is 5.91 Å². The van der Waals surface area contributed by atoms with Crippen molar-refractivity contribution < 1.29 is 14.7 Å². The number of carboxylic acid groups (broad SMARTS) is 1. The van der Waals surface area contributed by atoms with Crippen LogP contribution < -0.4 is 5.32 Å². The molecule has 120 valence electrons. The fourth-order valence-electron chi connectivity index (χ4n) is 2.94. The molecule has 6 heteroatoms. The lowest BCUT2D eigenvalue weighted by atomic mass is 9.86. The Labute approximate surface area is 133 Å². The van der Waals surface area contributed by atoms with Crippen molar-refractivity contribution in [2.75, 3.05) is 0 Å². The summed E-state index contributed by atoms with van der Waals surface area (Å²) in [4.78, 5) is 23.2. The molecule has 1 aromatic carbocycles. The summed E-state index contributed by atoms with van der Waals surface area (Å²) in [6, 6.07) is 11.4. The van der Waals surface area contributed by atoms with Gasteiger partial charge in [-0.25, -0.2) is 0 Å². The van der Waals surface area contributed by atoms with Crippen molar-refractivity contribution in [2.24, 2.45) is 5.92 Å². The Hall–Kier alpha value is -2.63. The summed E-state index contributed by atoms with van der Waals surface area (Å²) < 4.78 is 0. The highest BCUT2D eigenvalue weighted by Gasteiger charge is 2.27. The SMILES string of the molecule is O=C(NC1CCC(C(=O)O)CC1)c1cc(-c2ccccc2)n[nH]1. The minimum absolute atomic E-state index is 0.0292. The molecule has 2 aromatic rings. The lowest BCUT2D eigenvalue weighted by Gasteiger charge is -2.26. The van der Waals surface area contributed by atoms with E-state index in [-0.39, 0.29) is 17.9 Å². The number of aromatic nitrogens is 2. The molecular weight excluding hydrogens is 294 g/mol. The predicted molar refractivity (Wildman–Crippen MR) is 84.9 cm³/mol. The van der Waals surface area contributed by atoms with Crippen LogP contribution in [0.1, 0.15) is 36.2 Å². The molecule has 1 aromatic heterocycles.